The smallest absolute Gasteiger partial charge is 0.230 e. The summed E-state index contributed by atoms with van der Waals surface area (Å²) >= 11 is 1.58. The van der Waals surface area contributed by atoms with E-state index in [9.17, 15) is 4.79 Å². The fourth-order valence-corrected chi connectivity index (χ4v) is 2.84. The van der Waals surface area contributed by atoms with E-state index in [4.69, 9.17) is 0 Å². The molecular weight excluding hydrogens is 308 g/mol. The highest BCUT2D eigenvalue weighted by atomic mass is 32.1. The molecule has 0 atom stereocenters. The van der Waals surface area contributed by atoms with Gasteiger partial charge >= 0.3 is 0 Å². The summed E-state index contributed by atoms with van der Waals surface area (Å²) in [6.07, 6.45) is 4.38. The van der Waals surface area contributed by atoms with E-state index < -0.39 is 0 Å². The quantitative estimate of drug-likeness (QED) is 0.781. The molecule has 1 N–H and O–H groups in total. The van der Waals surface area contributed by atoms with Crippen molar-refractivity contribution in [2.75, 3.05) is 5.32 Å². The van der Waals surface area contributed by atoms with Gasteiger partial charge in [0.15, 0.2) is 5.82 Å². The molecule has 2 aromatic heterocycles. The molecule has 0 aliphatic rings. The first-order valence-corrected chi connectivity index (χ1v) is 8.23. The molecule has 0 aliphatic heterocycles. The van der Waals surface area contributed by atoms with E-state index in [1.54, 1.807) is 23.7 Å². The third kappa shape index (κ3) is 3.98. The predicted octanol–water partition coefficient (Wildman–Crippen LogP) is 3.34. The highest BCUT2D eigenvalue weighted by molar-refractivity contribution is 7.09. The maximum absolute atomic E-state index is 12.0. The third-order valence-corrected chi connectivity index (χ3v) is 4.25. The molecule has 3 rings (SSSR count). The number of nitrogens with one attached hydrogen (secondary N) is 1. The summed E-state index contributed by atoms with van der Waals surface area (Å²) in [4.78, 5) is 25.0. The Morgan fingerprint density at radius 2 is 1.91 bits per heavy atom. The standard InChI is InChI=1S/C17H16N4OS/c1-2-16-21-13(11-23-16)8-15(22)20-14-9-18-17(19-10-14)12-6-4-3-5-7-12/h3-7,9-11H,2,8H2,1H3,(H,20,22). The molecule has 1 aromatic carbocycles. The second kappa shape index (κ2) is 7.11. The van der Waals surface area contributed by atoms with Crippen LogP contribution in [0.1, 0.15) is 17.6 Å². The van der Waals surface area contributed by atoms with E-state index in [1.165, 1.54) is 0 Å². The van der Waals surface area contributed by atoms with Gasteiger partial charge in [0.1, 0.15) is 0 Å². The van der Waals surface area contributed by atoms with Gasteiger partial charge in [-0.05, 0) is 6.42 Å². The lowest BCUT2D eigenvalue weighted by atomic mass is 10.2. The predicted molar refractivity (Wildman–Crippen MR) is 91.3 cm³/mol. The van der Waals surface area contributed by atoms with Crippen molar-refractivity contribution in [2.45, 2.75) is 19.8 Å². The van der Waals surface area contributed by atoms with Gasteiger partial charge in [-0.2, -0.15) is 0 Å². The number of hydrogen-bond acceptors (Lipinski definition) is 5. The Balaban J connectivity index is 1.62. The number of thiazole rings is 1. The van der Waals surface area contributed by atoms with Crippen LogP contribution in [0.15, 0.2) is 48.1 Å². The first kappa shape index (κ1) is 15.3. The Hall–Kier alpha value is -2.60. The molecule has 0 fully saturated rings. The Morgan fingerprint density at radius 1 is 1.17 bits per heavy atom. The second-order valence-electron chi connectivity index (χ2n) is 4.97. The van der Waals surface area contributed by atoms with Crippen LogP contribution in [0.4, 0.5) is 5.69 Å². The minimum atomic E-state index is -0.117. The number of aryl methyl sites for hydroxylation is 1. The molecule has 0 bridgehead atoms. The Kier molecular flexibility index (Phi) is 4.73. The summed E-state index contributed by atoms with van der Waals surface area (Å²) in [5.41, 5.74) is 2.33. The summed E-state index contributed by atoms with van der Waals surface area (Å²) in [5, 5.41) is 5.77. The van der Waals surface area contributed by atoms with Crippen molar-refractivity contribution in [1.82, 2.24) is 15.0 Å². The lowest BCUT2D eigenvalue weighted by molar-refractivity contribution is -0.115. The minimum absolute atomic E-state index is 0.117. The average Bonchev–Trinajstić information content (AvgIpc) is 3.04. The van der Waals surface area contributed by atoms with Gasteiger partial charge in [0.05, 0.1) is 35.2 Å². The molecule has 6 heteroatoms. The van der Waals surface area contributed by atoms with Gasteiger partial charge in [0.2, 0.25) is 5.91 Å². The zero-order chi connectivity index (χ0) is 16.1. The molecular formula is C17H16N4OS. The fraction of sp³-hybridized carbons (Fsp3) is 0.176. The number of benzene rings is 1. The molecule has 0 spiro atoms. The van der Waals surface area contributed by atoms with E-state index in [0.717, 1.165) is 22.7 Å². The van der Waals surface area contributed by atoms with Gasteiger partial charge in [-0.3, -0.25) is 4.79 Å². The Morgan fingerprint density at radius 3 is 2.57 bits per heavy atom. The van der Waals surface area contributed by atoms with Crippen LogP contribution >= 0.6 is 11.3 Å². The lowest BCUT2D eigenvalue weighted by Gasteiger charge is -2.04. The van der Waals surface area contributed by atoms with Crippen LogP contribution in [0.2, 0.25) is 0 Å². The number of nitrogens with zero attached hydrogens (tertiary/aromatic N) is 3. The molecule has 0 aliphatic carbocycles. The van der Waals surface area contributed by atoms with Crippen molar-refractivity contribution in [3.05, 3.63) is 58.8 Å². The molecule has 0 saturated heterocycles. The zero-order valence-corrected chi connectivity index (χ0v) is 13.5. The van der Waals surface area contributed by atoms with Gasteiger partial charge in [0.25, 0.3) is 0 Å². The first-order valence-electron chi connectivity index (χ1n) is 7.35. The van der Waals surface area contributed by atoms with Crippen molar-refractivity contribution >= 4 is 22.9 Å². The second-order valence-corrected chi connectivity index (χ2v) is 5.92. The fourth-order valence-electron chi connectivity index (χ4n) is 2.09. The number of amides is 1. The van der Waals surface area contributed by atoms with E-state index in [-0.39, 0.29) is 12.3 Å². The highest BCUT2D eigenvalue weighted by Crippen LogP contribution is 2.15. The van der Waals surface area contributed by atoms with E-state index >= 15 is 0 Å². The number of carbonyl (C=O) groups excluding carboxylic acids is 1. The van der Waals surface area contributed by atoms with Gasteiger partial charge in [0, 0.05) is 10.9 Å². The lowest BCUT2D eigenvalue weighted by Crippen LogP contribution is -2.15. The summed E-state index contributed by atoms with van der Waals surface area (Å²) in [6, 6.07) is 9.71. The van der Waals surface area contributed by atoms with Crippen LogP contribution in [-0.2, 0) is 17.6 Å². The minimum Gasteiger partial charge on any atom is -0.323 e. The van der Waals surface area contributed by atoms with Crippen molar-refractivity contribution in [1.29, 1.82) is 0 Å². The third-order valence-electron chi connectivity index (χ3n) is 3.21. The number of hydrogen-bond donors (Lipinski definition) is 1. The van der Waals surface area contributed by atoms with Gasteiger partial charge < -0.3 is 5.32 Å². The van der Waals surface area contributed by atoms with Crippen LogP contribution in [0.5, 0.6) is 0 Å². The van der Waals surface area contributed by atoms with Crippen molar-refractivity contribution < 1.29 is 4.79 Å². The number of carbonyl (C=O) groups is 1. The number of anilines is 1. The molecule has 1 amide bonds. The summed E-state index contributed by atoms with van der Waals surface area (Å²) in [7, 11) is 0. The van der Waals surface area contributed by atoms with Crippen molar-refractivity contribution in [2.24, 2.45) is 0 Å². The van der Waals surface area contributed by atoms with Crippen LogP contribution in [0, 0.1) is 0 Å². The molecule has 23 heavy (non-hydrogen) atoms. The SMILES string of the molecule is CCc1nc(CC(=O)Nc2cnc(-c3ccccc3)nc2)cs1. The molecule has 0 radical (unpaired) electrons. The van der Waals surface area contributed by atoms with E-state index in [2.05, 4.69) is 20.3 Å². The largest absolute Gasteiger partial charge is 0.323 e. The van der Waals surface area contributed by atoms with Crippen LogP contribution in [-0.4, -0.2) is 20.9 Å². The summed E-state index contributed by atoms with van der Waals surface area (Å²) < 4.78 is 0. The van der Waals surface area contributed by atoms with E-state index in [0.29, 0.717) is 11.5 Å². The van der Waals surface area contributed by atoms with Gasteiger partial charge in [-0.15, -0.1) is 11.3 Å². The van der Waals surface area contributed by atoms with E-state index in [1.807, 2.05) is 42.6 Å². The molecule has 0 saturated carbocycles. The number of aromatic nitrogens is 3. The summed E-state index contributed by atoms with van der Waals surface area (Å²) in [5.74, 6) is 0.518. The van der Waals surface area contributed by atoms with Crippen molar-refractivity contribution in [3.63, 3.8) is 0 Å². The monoisotopic (exact) mass is 324 g/mol. The van der Waals surface area contributed by atoms with Crippen LogP contribution in [0.3, 0.4) is 0 Å². The van der Waals surface area contributed by atoms with Gasteiger partial charge in [-0.25, -0.2) is 15.0 Å². The molecule has 3 aromatic rings. The first-order chi connectivity index (χ1) is 11.2. The topological polar surface area (TPSA) is 67.8 Å². The molecule has 116 valence electrons. The Bertz CT molecular complexity index is 784. The average molecular weight is 324 g/mol. The molecule has 0 unspecified atom stereocenters. The number of rotatable bonds is 5. The highest BCUT2D eigenvalue weighted by Gasteiger charge is 2.08. The zero-order valence-electron chi connectivity index (χ0n) is 12.7. The molecule has 5 nitrogen and oxygen atoms in total. The molecule has 2 heterocycles. The van der Waals surface area contributed by atoms with Gasteiger partial charge in [-0.1, -0.05) is 37.3 Å². The summed E-state index contributed by atoms with van der Waals surface area (Å²) in [6.45, 7) is 2.05. The maximum Gasteiger partial charge on any atom is 0.230 e. The normalized spacial score (nSPS) is 10.5. The Labute approximate surface area is 138 Å². The maximum atomic E-state index is 12.0. The van der Waals surface area contributed by atoms with Crippen LogP contribution in [0.25, 0.3) is 11.4 Å². The van der Waals surface area contributed by atoms with Crippen LogP contribution < -0.4 is 5.32 Å². The van der Waals surface area contributed by atoms with Crippen molar-refractivity contribution in [3.8, 4) is 11.4 Å².